The molecule has 2 atom stereocenters. The molecule has 40 heavy (non-hydrogen) atoms. The van der Waals surface area contributed by atoms with Gasteiger partial charge in [0.25, 0.3) is 0 Å². The summed E-state index contributed by atoms with van der Waals surface area (Å²) in [4.78, 5) is 43.0. The first-order valence-corrected chi connectivity index (χ1v) is 14.0. The molecule has 0 spiro atoms. The van der Waals surface area contributed by atoms with Gasteiger partial charge in [-0.2, -0.15) is 0 Å². The highest BCUT2D eigenvalue weighted by Crippen LogP contribution is 2.47. The lowest BCUT2D eigenvalue weighted by molar-refractivity contribution is -0.138. The molecule has 2 N–H and O–H groups in total. The number of nitrogens with zero attached hydrogens (tertiary/aromatic N) is 2. The highest BCUT2D eigenvalue weighted by Gasteiger charge is 2.41. The number of benzene rings is 3. The van der Waals surface area contributed by atoms with Crippen molar-refractivity contribution >= 4 is 34.7 Å². The van der Waals surface area contributed by atoms with Crippen molar-refractivity contribution in [2.75, 3.05) is 28.2 Å². The molecule has 3 aromatic carbocycles. The van der Waals surface area contributed by atoms with Gasteiger partial charge in [-0.25, -0.2) is 0 Å². The number of para-hydroxylation sites is 2. The van der Waals surface area contributed by atoms with Crippen LogP contribution in [-0.4, -0.2) is 35.9 Å². The first kappa shape index (κ1) is 27.2. The molecule has 3 aromatic rings. The number of amides is 1. The molecule has 0 fully saturated rings. The van der Waals surface area contributed by atoms with Crippen molar-refractivity contribution in [2.24, 2.45) is 0 Å². The van der Waals surface area contributed by atoms with E-state index in [1.54, 1.807) is 4.90 Å². The van der Waals surface area contributed by atoms with Crippen molar-refractivity contribution in [2.45, 2.75) is 51.5 Å². The number of hydrogen-bond acceptors (Lipinski definition) is 5. The highest BCUT2D eigenvalue weighted by molar-refractivity contribution is 6.06. The van der Waals surface area contributed by atoms with E-state index in [0.29, 0.717) is 24.1 Å². The number of carbonyl (C=O) groups is 3. The van der Waals surface area contributed by atoms with Crippen LogP contribution in [0.5, 0.6) is 0 Å². The molecule has 2 aliphatic rings. The molecule has 7 nitrogen and oxygen atoms in total. The first-order valence-electron chi connectivity index (χ1n) is 14.0. The Morgan fingerprint density at radius 2 is 1.55 bits per heavy atom. The Morgan fingerprint density at radius 1 is 0.875 bits per heavy atom. The number of hydrogen-bond donors (Lipinski definition) is 2. The Labute approximate surface area is 235 Å². The normalized spacial score (nSPS) is 18.4. The van der Waals surface area contributed by atoms with Gasteiger partial charge in [0.05, 0.1) is 23.8 Å². The number of anilines is 3. The zero-order chi connectivity index (χ0) is 28.2. The fourth-order valence-electron chi connectivity index (χ4n) is 5.93. The molecule has 1 aliphatic heterocycles. The number of carbonyl (C=O) groups excluding carboxylic acids is 2. The smallest absolute Gasteiger partial charge is 0.303 e. The van der Waals surface area contributed by atoms with E-state index < -0.39 is 12.0 Å². The Morgan fingerprint density at radius 3 is 2.23 bits per heavy atom. The van der Waals surface area contributed by atoms with Crippen LogP contribution >= 0.6 is 0 Å². The summed E-state index contributed by atoms with van der Waals surface area (Å²) in [6, 6.07) is 24.9. The Bertz CT molecular complexity index is 1430. The lowest BCUT2D eigenvalue weighted by Crippen LogP contribution is -2.38. The van der Waals surface area contributed by atoms with Crippen molar-refractivity contribution in [3.8, 4) is 0 Å². The predicted octanol–water partition coefficient (Wildman–Crippen LogP) is 6.30. The molecular formula is C33H35N3O4. The molecule has 5 rings (SSSR count). The van der Waals surface area contributed by atoms with Crippen LogP contribution in [0.2, 0.25) is 0 Å². The number of ketones is 1. The number of carboxylic acid groups (broad SMARTS) is 1. The van der Waals surface area contributed by atoms with Gasteiger partial charge in [-0.05, 0) is 61.6 Å². The van der Waals surface area contributed by atoms with Crippen molar-refractivity contribution in [3.63, 3.8) is 0 Å². The monoisotopic (exact) mass is 537 g/mol. The SMILES string of the molecule is CCN(CC)c1ccc([C@H]2CC(=O)C3=C(C2)Nc2ccccc2N(C(=O)CCC(=O)O)[C@@H]3c2ccccc2)cc1. The Kier molecular flexibility index (Phi) is 8.01. The van der Waals surface area contributed by atoms with E-state index in [9.17, 15) is 19.5 Å². The quantitative estimate of drug-likeness (QED) is 0.351. The molecule has 206 valence electrons. The van der Waals surface area contributed by atoms with Crippen LogP contribution < -0.4 is 15.1 Å². The minimum atomic E-state index is -1.03. The van der Waals surface area contributed by atoms with Gasteiger partial charge in [-0.1, -0.05) is 54.6 Å². The first-order chi connectivity index (χ1) is 19.4. The van der Waals surface area contributed by atoms with Gasteiger partial charge in [0.15, 0.2) is 5.78 Å². The molecule has 0 unspecified atom stereocenters. The molecule has 0 saturated heterocycles. The minimum Gasteiger partial charge on any atom is -0.481 e. The van der Waals surface area contributed by atoms with Crippen LogP contribution in [0.25, 0.3) is 0 Å². The average Bonchev–Trinajstić information content (AvgIpc) is 3.12. The fourth-order valence-corrected chi connectivity index (χ4v) is 5.93. The maximum Gasteiger partial charge on any atom is 0.303 e. The molecule has 0 saturated carbocycles. The summed E-state index contributed by atoms with van der Waals surface area (Å²) in [6.07, 6.45) is 0.519. The summed E-state index contributed by atoms with van der Waals surface area (Å²) >= 11 is 0. The van der Waals surface area contributed by atoms with Gasteiger partial charge < -0.3 is 15.3 Å². The number of fused-ring (bicyclic) bond motifs is 1. The van der Waals surface area contributed by atoms with Gasteiger partial charge in [-0.15, -0.1) is 0 Å². The number of aliphatic carboxylic acids is 1. The molecule has 0 radical (unpaired) electrons. The molecular weight excluding hydrogens is 502 g/mol. The van der Waals surface area contributed by atoms with Gasteiger partial charge in [0.2, 0.25) is 5.91 Å². The largest absolute Gasteiger partial charge is 0.481 e. The van der Waals surface area contributed by atoms with Crippen molar-refractivity contribution in [3.05, 3.63) is 101 Å². The summed E-state index contributed by atoms with van der Waals surface area (Å²) < 4.78 is 0. The second-order valence-corrected chi connectivity index (χ2v) is 10.3. The summed E-state index contributed by atoms with van der Waals surface area (Å²) in [7, 11) is 0. The molecule has 1 amide bonds. The summed E-state index contributed by atoms with van der Waals surface area (Å²) in [5, 5.41) is 12.8. The standard InChI is InChI=1S/C33H35N3O4/c1-3-35(4-2)25-16-14-22(15-17-25)24-20-27-32(29(37)21-24)33(23-10-6-5-7-11-23)36(30(38)18-19-31(39)40)28-13-9-8-12-26(28)34-27/h5-17,24,33-34H,3-4,18-21H2,1-2H3,(H,39,40)/t24-,33-/m1/s1. The Hall–Kier alpha value is -4.39. The number of Topliss-reactive ketones (excluding diaryl/α,β-unsaturated/α-hetero) is 1. The molecule has 1 heterocycles. The highest BCUT2D eigenvalue weighted by atomic mass is 16.4. The van der Waals surface area contributed by atoms with Gasteiger partial charge in [0.1, 0.15) is 0 Å². The van der Waals surface area contributed by atoms with E-state index in [1.807, 2.05) is 54.6 Å². The Balaban J connectivity index is 1.59. The second kappa shape index (κ2) is 11.8. The summed E-state index contributed by atoms with van der Waals surface area (Å²) in [6.45, 7) is 6.14. The maximum atomic E-state index is 14.1. The molecule has 7 heteroatoms. The second-order valence-electron chi connectivity index (χ2n) is 10.3. The van der Waals surface area contributed by atoms with E-state index in [4.69, 9.17) is 0 Å². The van der Waals surface area contributed by atoms with E-state index in [1.165, 1.54) is 0 Å². The fraction of sp³-hybridized carbons (Fsp3) is 0.303. The van der Waals surface area contributed by atoms with Gasteiger partial charge in [-0.3, -0.25) is 19.3 Å². The average molecular weight is 538 g/mol. The van der Waals surface area contributed by atoms with Crippen molar-refractivity contribution < 1.29 is 19.5 Å². The zero-order valence-corrected chi connectivity index (χ0v) is 23.0. The van der Waals surface area contributed by atoms with E-state index in [0.717, 1.165) is 41.3 Å². The lowest BCUT2D eigenvalue weighted by Gasteiger charge is -2.35. The third kappa shape index (κ3) is 5.37. The van der Waals surface area contributed by atoms with Gasteiger partial charge in [0, 0.05) is 42.9 Å². The van der Waals surface area contributed by atoms with E-state index >= 15 is 0 Å². The van der Waals surface area contributed by atoms with Crippen molar-refractivity contribution in [1.29, 1.82) is 0 Å². The molecule has 0 aromatic heterocycles. The van der Waals surface area contributed by atoms with Crippen molar-refractivity contribution in [1.82, 2.24) is 0 Å². The zero-order valence-electron chi connectivity index (χ0n) is 23.0. The summed E-state index contributed by atoms with van der Waals surface area (Å²) in [5.41, 5.74) is 5.83. The van der Waals surface area contributed by atoms with Crippen LogP contribution in [0.4, 0.5) is 17.1 Å². The summed E-state index contributed by atoms with van der Waals surface area (Å²) in [5.74, 6) is -1.37. The van der Waals surface area contributed by atoms with E-state index in [-0.39, 0.29) is 30.4 Å². The lowest BCUT2D eigenvalue weighted by atomic mass is 9.78. The van der Waals surface area contributed by atoms with Crippen LogP contribution in [0.15, 0.2) is 90.1 Å². The van der Waals surface area contributed by atoms with Crippen LogP contribution in [0.1, 0.15) is 62.6 Å². The minimum absolute atomic E-state index is 0.00218. The number of allylic oxidation sites excluding steroid dienone is 1. The number of rotatable bonds is 8. The van der Waals surface area contributed by atoms with E-state index in [2.05, 4.69) is 48.3 Å². The predicted molar refractivity (Wildman–Crippen MR) is 158 cm³/mol. The van der Waals surface area contributed by atoms with Gasteiger partial charge >= 0.3 is 5.97 Å². The van der Waals surface area contributed by atoms with Crippen LogP contribution in [-0.2, 0) is 14.4 Å². The number of nitrogens with one attached hydrogen (secondary N) is 1. The third-order valence-electron chi connectivity index (χ3n) is 7.92. The maximum absolute atomic E-state index is 14.1. The van der Waals surface area contributed by atoms with Crippen LogP contribution in [0.3, 0.4) is 0 Å². The topological polar surface area (TPSA) is 90.0 Å². The number of carboxylic acids is 1. The third-order valence-corrected chi connectivity index (χ3v) is 7.92. The molecule has 1 aliphatic carbocycles. The molecule has 0 bridgehead atoms. The van der Waals surface area contributed by atoms with Crippen LogP contribution in [0, 0.1) is 0 Å².